The van der Waals surface area contributed by atoms with Crippen molar-refractivity contribution in [2.75, 3.05) is 31.1 Å². The molecule has 2 aliphatic heterocycles. The van der Waals surface area contributed by atoms with Crippen LogP contribution in [0.15, 0.2) is 55.1 Å². The molecular weight excluding hydrogens is 342 g/mol. The summed E-state index contributed by atoms with van der Waals surface area (Å²) in [7, 11) is 0. The van der Waals surface area contributed by atoms with Gasteiger partial charge in [0.05, 0.1) is 0 Å². The molecule has 0 aromatic heterocycles. The van der Waals surface area contributed by atoms with Crippen LogP contribution in [0.3, 0.4) is 0 Å². The van der Waals surface area contributed by atoms with Crippen LogP contribution in [-0.4, -0.2) is 37.1 Å². The second-order valence-electron chi connectivity index (χ2n) is 8.47. The molecular formula is C25H33N3. The van der Waals surface area contributed by atoms with Gasteiger partial charge in [0.1, 0.15) is 0 Å². The standard InChI is InChI=1S/C25H33N3/c1-19-17-24(27-15-12-23(26)13-16-27)10-11-25(19)20(2)28-14-6-9-22(18-28)21-7-4-3-5-8-21/h3-5,7-8,10-11,17,22-23H,2,6,9,12-16,18,26H2,1H3. The molecule has 3 nitrogen and oxygen atoms in total. The van der Waals surface area contributed by atoms with Gasteiger partial charge >= 0.3 is 0 Å². The van der Waals surface area contributed by atoms with E-state index in [0.29, 0.717) is 12.0 Å². The van der Waals surface area contributed by atoms with Gasteiger partial charge in [-0.25, -0.2) is 0 Å². The molecule has 0 radical (unpaired) electrons. The zero-order valence-electron chi connectivity index (χ0n) is 17.1. The molecule has 0 aliphatic carbocycles. The molecule has 4 rings (SSSR count). The van der Waals surface area contributed by atoms with Crippen molar-refractivity contribution in [3.05, 3.63) is 71.8 Å². The van der Waals surface area contributed by atoms with E-state index in [4.69, 9.17) is 5.73 Å². The van der Waals surface area contributed by atoms with Crippen LogP contribution in [0.1, 0.15) is 48.3 Å². The zero-order valence-corrected chi connectivity index (χ0v) is 17.1. The van der Waals surface area contributed by atoms with E-state index in [1.165, 1.54) is 40.9 Å². The van der Waals surface area contributed by atoms with E-state index in [2.05, 4.69) is 71.8 Å². The molecule has 0 spiro atoms. The number of rotatable bonds is 4. The number of nitrogens with zero attached hydrogens (tertiary/aromatic N) is 2. The normalized spacial score (nSPS) is 21.0. The van der Waals surface area contributed by atoms with E-state index in [1.807, 2.05) is 0 Å². The van der Waals surface area contributed by atoms with Crippen LogP contribution < -0.4 is 10.6 Å². The highest BCUT2D eigenvalue weighted by Crippen LogP contribution is 2.33. The van der Waals surface area contributed by atoms with Crippen molar-refractivity contribution in [2.24, 2.45) is 5.73 Å². The van der Waals surface area contributed by atoms with E-state index in [-0.39, 0.29) is 0 Å². The Kier molecular flexibility index (Phi) is 5.72. The van der Waals surface area contributed by atoms with Crippen molar-refractivity contribution in [1.82, 2.24) is 4.90 Å². The average Bonchev–Trinajstić information content (AvgIpc) is 2.74. The summed E-state index contributed by atoms with van der Waals surface area (Å²) in [5.74, 6) is 0.601. The Labute approximate surface area is 169 Å². The van der Waals surface area contributed by atoms with Gasteiger partial charge in [-0.1, -0.05) is 43.0 Å². The van der Waals surface area contributed by atoms with Gasteiger partial charge in [0.2, 0.25) is 0 Å². The lowest BCUT2D eigenvalue weighted by Crippen LogP contribution is -2.39. The Morgan fingerprint density at radius 2 is 1.75 bits per heavy atom. The van der Waals surface area contributed by atoms with Crippen LogP contribution in [0.5, 0.6) is 0 Å². The number of likely N-dealkylation sites (tertiary alicyclic amines) is 1. The first-order valence-electron chi connectivity index (χ1n) is 10.7. The number of piperidine rings is 2. The Bertz CT molecular complexity index is 806. The summed E-state index contributed by atoms with van der Waals surface area (Å²) in [5, 5.41) is 0. The Balaban J connectivity index is 1.47. The third-order valence-corrected chi connectivity index (χ3v) is 6.50. The van der Waals surface area contributed by atoms with Gasteiger partial charge in [0.15, 0.2) is 0 Å². The second-order valence-corrected chi connectivity index (χ2v) is 8.47. The molecule has 1 unspecified atom stereocenters. The number of anilines is 1. The van der Waals surface area contributed by atoms with Gasteiger partial charge < -0.3 is 15.5 Å². The molecule has 0 bridgehead atoms. The number of hydrogen-bond acceptors (Lipinski definition) is 3. The first kappa shape index (κ1) is 19.1. The minimum atomic E-state index is 0.369. The van der Waals surface area contributed by atoms with Crippen molar-refractivity contribution >= 4 is 11.4 Å². The second kappa shape index (κ2) is 8.40. The fourth-order valence-electron chi connectivity index (χ4n) is 4.72. The van der Waals surface area contributed by atoms with Gasteiger partial charge in [-0.15, -0.1) is 0 Å². The van der Waals surface area contributed by atoms with E-state index in [1.54, 1.807) is 0 Å². The van der Waals surface area contributed by atoms with Crippen LogP contribution in [0.4, 0.5) is 5.69 Å². The molecule has 2 heterocycles. The molecule has 1 atom stereocenters. The summed E-state index contributed by atoms with van der Waals surface area (Å²) in [4.78, 5) is 4.96. The molecule has 0 saturated carbocycles. The van der Waals surface area contributed by atoms with Crippen LogP contribution >= 0.6 is 0 Å². The Morgan fingerprint density at radius 3 is 2.46 bits per heavy atom. The molecule has 2 fully saturated rings. The summed E-state index contributed by atoms with van der Waals surface area (Å²) < 4.78 is 0. The minimum absolute atomic E-state index is 0.369. The lowest BCUT2D eigenvalue weighted by Gasteiger charge is -2.37. The topological polar surface area (TPSA) is 32.5 Å². The molecule has 2 aromatic rings. The van der Waals surface area contributed by atoms with Gasteiger partial charge in [0.25, 0.3) is 0 Å². The molecule has 2 aliphatic rings. The maximum Gasteiger partial charge on any atom is 0.0369 e. The largest absolute Gasteiger partial charge is 0.371 e. The smallest absolute Gasteiger partial charge is 0.0369 e. The Hall–Kier alpha value is -2.26. The summed E-state index contributed by atoms with van der Waals surface area (Å²) >= 11 is 0. The summed E-state index contributed by atoms with van der Waals surface area (Å²) in [6.07, 6.45) is 4.66. The third-order valence-electron chi connectivity index (χ3n) is 6.50. The lowest BCUT2D eigenvalue weighted by molar-refractivity contribution is 0.295. The highest BCUT2D eigenvalue weighted by Gasteiger charge is 2.23. The molecule has 2 aromatic carbocycles. The van der Waals surface area contributed by atoms with E-state index in [9.17, 15) is 0 Å². The lowest BCUT2D eigenvalue weighted by atomic mass is 9.90. The zero-order chi connectivity index (χ0) is 19.5. The van der Waals surface area contributed by atoms with Crippen LogP contribution in [-0.2, 0) is 0 Å². The molecule has 2 N–H and O–H groups in total. The number of nitrogens with two attached hydrogens (primary N) is 1. The predicted molar refractivity (Wildman–Crippen MR) is 120 cm³/mol. The predicted octanol–water partition coefficient (Wildman–Crippen LogP) is 4.77. The van der Waals surface area contributed by atoms with Crippen molar-refractivity contribution in [3.8, 4) is 0 Å². The summed E-state index contributed by atoms with van der Waals surface area (Å²) in [6.45, 7) is 11.0. The van der Waals surface area contributed by atoms with Gasteiger partial charge in [-0.05, 0) is 55.9 Å². The average molecular weight is 376 g/mol. The molecule has 2 saturated heterocycles. The van der Waals surface area contributed by atoms with E-state index in [0.717, 1.165) is 39.0 Å². The van der Waals surface area contributed by atoms with Crippen molar-refractivity contribution in [1.29, 1.82) is 0 Å². The first-order valence-corrected chi connectivity index (χ1v) is 10.7. The van der Waals surface area contributed by atoms with Crippen LogP contribution in [0.2, 0.25) is 0 Å². The SMILES string of the molecule is C=C(c1ccc(N2CCC(N)CC2)cc1C)N1CCCC(c2ccccc2)C1. The quantitative estimate of drug-likeness (QED) is 0.835. The third kappa shape index (κ3) is 4.10. The molecule has 3 heteroatoms. The fraction of sp³-hybridized carbons (Fsp3) is 0.440. The van der Waals surface area contributed by atoms with Crippen molar-refractivity contribution < 1.29 is 0 Å². The van der Waals surface area contributed by atoms with E-state index < -0.39 is 0 Å². The number of hydrogen-bond donors (Lipinski definition) is 1. The summed E-state index contributed by atoms with van der Waals surface area (Å²) in [6, 6.07) is 18.2. The minimum Gasteiger partial charge on any atom is -0.371 e. The fourth-order valence-corrected chi connectivity index (χ4v) is 4.72. The first-order chi connectivity index (χ1) is 13.6. The molecule has 0 amide bonds. The van der Waals surface area contributed by atoms with Gasteiger partial charge in [-0.2, -0.15) is 0 Å². The monoisotopic (exact) mass is 375 g/mol. The van der Waals surface area contributed by atoms with E-state index >= 15 is 0 Å². The highest BCUT2D eigenvalue weighted by atomic mass is 15.1. The Morgan fingerprint density at radius 1 is 1.00 bits per heavy atom. The van der Waals surface area contributed by atoms with Crippen molar-refractivity contribution in [2.45, 2.75) is 44.6 Å². The van der Waals surface area contributed by atoms with Crippen LogP contribution in [0.25, 0.3) is 5.70 Å². The van der Waals surface area contributed by atoms with Crippen LogP contribution in [0, 0.1) is 6.92 Å². The molecule has 148 valence electrons. The molecule has 28 heavy (non-hydrogen) atoms. The van der Waals surface area contributed by atoms with Gasteiger partial charge in [-0.3, -0.25) is 0 Å². The van der Waals surface area contributed by atoms with Crippen molar-refractivity contribution in [3.63, 3.8) is 0 Å². The number of benzene rings is 2. The summed E-state index contributed by atoms with van der Waals surface area (Å²) in [5.41, 5.74) is 12.6. The maximum atomic E-state index is 6.06. The number of aryl methyl sites for hydroxylation is 1. The van der Waals surface area contributed by atoms with Gasteiger partial charge in [0, 0.05) is 55.1 Å². The highest BCUT2D eigenvalue weighted by molar-refractivity contribution is 5.68. The maximum absolute atomic E-state index is 6.06.